The van der Waals surface area contributed by atoms with E-state index >= 15 is 0 Å². The molecule has 104 valence electrons. The SMILES string of the molecule is Cc1cccc(CC(=O)C(C)(C)N2CCOCC2)c1. The Kier molecular flexibility index (Phi) is 4.38. The Labute approximate surface area is 115 Å². The maximum absolute atomic E-state index is 12.6. The van der Waals surface area contributed by atoms with Crippen LogP contribution in [0.1, 0.15) is 25.0 Å². The molecule has 0 spiro atoms. The van der Waals surface area contributed by atoms with Crippen molar-refractivity contribution in [1.29, 1.82) is 0 Å². The molecule has 0 radical (unpaired) electrons. The molecule has 1 aromatic rings. The van der Waals surface area contributed by atoms with E-state index in [0.717, 1.165) is 31.9 Å². The van der Waals surface area contributed by atoms with E-state index in [1.54, 1.807) is 0 Å². The van der Waals surface area contributed by atoms with Crippen LogP contribution in [0.15, 0.2) is 24.3 Å². The minimum absolute atomic E-state index is 0.278. The third kappa shape index (κ3) is 3.43. The fraction of sp³-hybridized carbons (Fsp3) is 0.562. The summed E-state index contributed by atoms with van der Waals surface area (Å²) in [7, 11) is 0. The molecule has 0 N–H and O–H groups in total. The number of aryl methyl sites for hydroxylation is 1. The molecule has 3 heteroatoms. The Morgan fingerprint density at radius 2 is 2.00 bits per heavy atom. The Hall–Kier alpha value is -1.19. The van der Waals surface area contributed by atoms with Gasteiger partial charge in [0.05, 0.1) is 18.8 Å². The molecule has 1 aliphatic rings. The first-order valence-corrected chi connectivity index (χ1v) is 6.92. The Balaban J connectivity index is 2.05. The fourth-order valence-corrected chi connectivity index (χ4v) is 2.52. The Morgan fingerprint density at radius 1 is 1.32 bits per heavy atom. The van der Waals surface area contributed by atoms with E-state index in [4.69, 9.17) is 4.74 Å². The highest BCUT2D eigenvalue weighted by atomic mass is 16.5. The molecule has 0 saturated carbocycles. The lowest BCUT2D eigenvalue weighted by atomic mass is 9.91. The van der Waals surface area contributed by atoms with Crippen LogP contribution >= 0.6 is 0 Å². The van der Waals surface area contributed by atoms with Crippen LogP contribution in [0, 0.1) is 6.92 Å². The third-order valence-electron chi connectivity index (χ3n) is 3.93. The van der Waals surface area contributed by atoms with Gasteiger partial charge in [-0.1, -0.05) is 29.8 Å². The van der Waals surface area contributed by atoms with Crippen LogP contribution in [-0.4, -0.2) is 42.5 Å². The van der Waals surface area contributed by atoms with Gasteiger partial charge in [-0.3, -0.25) is 9.69 Å². The number of Topliss-reactive ketones (excluding diaryl/α,β-unsaturated/α-hetero) is 1. The molecule has 2 rings (SSSR count). The fourth-order valence-electron chi connectivity index (χ4n) is 2.52. The molecule has 1 saturated heterocycles. The monoisotopic (exact) mass is 261 g/mol. The van der Waals surface area contributed by atoms with Gasteiger partial charge in [-0.2, -0.15) is 0 Å². The van der Waals surface area contributed by atoms with Crippen LogP contribution in [0.2, 0.25) is 0 Å². The van der Waals surface area contributed by atoms with Crippen LogP contribution < -0.4 is 0 Å². The maximum atomic E-state index is 12.6. The highest BCUT2D eigenvalue weighted by molar-refractivity contribution is 5.89. The topological polar surface area (TPSA) is 29.5 Å². The van der Waals surface area contributed by atoms with Crippen molar-refractivity contribution in [1.82, 2.24) is 4.90 Å². The average molecular weight is 261 g/mol. The normalized spacial score (nSPS) is 17.4. The number of carbonyl (C=O) groups is 1. The molecule has 1 aliphatic heterocycles. The number of hydrogen-bond acceptors (Lipinski definition) is 3. The first-order valence-electron chi connectivity index (χ1n) is 6.92. The van der Waals surface area contributed by atoms with E-state index in [0.29, 0.717) is 6.42 Å². The van der Waals surface area contributed by atoms with Crippen molar-refractivity contribution in [3.05, 3.63) is 35.4 Å². The maximum Gasteiger partial charge on any atom is 0.156 e. The molecule has 3 nitrogen and oxygen atoms in total. The molecule has 0 atom stereocenters. The average Bonchev–Trinajstić information content (AvgIpc) is 2.39. The van der Waals surface area contributed by atoms with Crippen LogP contribution in [0.25, 0.3) is 0 Å². The summed E-state index contributed by atoms with van der Waals surface area (Å²) >= 11 is 0. The second-order valence-electron chi connectivity index (χ2n) is 5.75. The van der Waals surface area contributed by atoms with E-state index < -0.39 is 5.54 Å². The summed E-state index contributed by atoms with van der Waals surface area (Å²) in [5, 5.41) is 0. The van der Waals surface area contributed by atoms with Crippen molar-refractivity contribution in [2.45, 2.75) is 32.7 Å². The lowest BCUT2D eigenvalue weighted by Gasteiger charge is -2.39. The lowest BCUT2D eigenvalue weighted by Crippen LogP contribution is -2.54. The minimum atomic E-state index is -0.409. The quantitative estimate of drug-likeness (QED) is 0.832. The van der Waals surface area contributed by atoms with Gasteiger partial charge in [0, 0.05) is 19.5 Å². The molecule has 1 fully saturated rings. The van der Waals surface area contributed by atoms with Gasteiger partial charge < -0.3 is 4.74 Å². The summed E-state index contributed by atoms with van der Waals surface area (Å²) in [6.45, 7) is 9.23. The zero-order valence-electron chi connectivity index (χ0n) is 12.1. The molecule has 1 aromatic carbocycles. The van der Waals surface area contributed by atoms with E-state index in [1.807, 2.05) is 26.0 Å². The van der Waals surface area contributed by atoms with Crippen molar-refractivity contribution in [3.8, 4) is 0 Å². The number of morpholine rings is 1. The van der Waals surface area contributed by atoms with Crippen molar-refractivity contribution < 1.29 is 9.53 Å². The first kappa shape index (κ1) is 14.2. The Bertz CT molecular complexity index is 448. The van der Waals surface area contributed by atoms with Gasteiger partial charge in [-0.15, -0.1) is 0 Å². The molecular weight excluding hydrogens is 238 g/mol. The molecule has 0 bridgehead atoms. The summed E-state index contributed by atoms with van der Waals surface area (Å²) in [5.41, 5.74) is 1.90. The van der Waals surface area contributed by atoms with Crippen LogP contribution in [-0.2, 0) is 16.0 Å². The number of carbonyl (C=O) groups excluding carboxylic acids is 1. The van der Waals surface area contributed by atoms with E-state index in [-0.39, 0.29) is 5.78 Å². The zero-order valence-corrected chi connectivity index (χ0v) is 12.1. The van der Waals surface area contributed by atoms with Gasteiger partial charge in [-0.05, 0) is 26.3 Å². The molecule has 0 amide bonds. The van der Waals surface area contributed by atoms with Gasteiger partial charge in [0.15, 0.2) is 5.78 Å². The van der Waals surface area contributed by atoms with E-state index in [9.17, 15) is 4.79 Å². The zero-order chi connectivity index (χ0) is 13.9. The second-order valence-corrected chi connectivity index (χ2v) is 5.75. The molecule has 0 unspecified atom stereocenters. The molecule has 0 aliphatic carbocycles. The van der Waals surface area contributed by atoms with Crippen LogP contribution in [0.4, 0.5) is 0 Å². The lowest BCUT2D eigenvalue weighted by molar-refractivity contribution is -0.131. The summed E-state index contributed by atoms with van der Waals surface area (Å²) < 4.78 is 5.36. The number of benzene rings is 1. The summed E-state index contributed by atoms with van der Waals surface area (Å²) in [5.74, 6) is 0.278. The van der Waals surface area contributed by atoms with Gasteiger partial charge in [0.25, 0.3) is 0 Å². The third-order valence-corrected chi connectivity index (χ3v) is 3.93. The van der Waals surface area contributed by atoms with Crippen molar-refractivity contribution in [2.24, 2.45) is 0 Å². The predicted octanol–water partition coefficient (Wildman–Crippen LogP) is 2.22. The summed E-state index contributed by atoms with van der Waals surface area (Å²) in [6, 6.07) is 8.19. The largest absolute Gasteiger partial charge is 0.379 e. The van der Waals surface area contributed by atoms with Crippen molar-refractivity contribution in [2.75, 3.05) is 26.3 Å². The van der Waals surface area contributed by atoms with E-state index in [1.165, 1.54) is 5.56 Å². The van der Waals surface area contributed by atoms with Crippen LogP contribution in [0.3, 0.4) is 0 Å². The number of hydrogen-bond donors (Lipinski definition) is 0. The molecule has 1 heterocycles. The standard InChI is InChI=1S/C16H23NO2/c1-13-5-4-6-14(11-13)12-15(18)16(2,3)17-7-9-19-10-8-17/h4-6,11H,7-10,12H2,1-3H3. The number of ketones is 1. The van der Waals surface area contributed by atoms with Gasteiger partial charge >= 0.3 is 0 Å². The first-order chi connectivity index (χ1) is 9.00. The predicted molar refractivity (Wildman–Crippen MR) is 76.4 cm³/mol. The molecule has 0 aromatic heterocycles. The smallest absolute Gasteiger partial charge is 0.156 e. The highest BCUT2D eigenvalue weighted by Crippen LogP contribution is 2.20. The molecular formula is C16H23NO2. The molecule has 19 heavy (non-hydrogen) atoms. The highest BCUT2D eigenvalue weighted by Gasteiger charge is 2.34. The number of nitrogens with zero attached hydrogens (tertiary/aromatic N) is 1. The second kappa shape index (κ2) is 5.85. The summed E-state index contributed by atoms with van der Waals surface area (Å²) in [6.07, 6.45) is 0.506. The summed E-state index contributed by atoms with van der Waals surface area (Å²) in [4.78, 5) is 14.8. The number of rotatable bonds is 4. The van der Waals surface area contributed by atoms with Crippen molar-refractivity contribution in [3.63, 3.8) is 0 Å². The van der Waals surface area contributed by atoms with E-state index in [2.05, 4.69) is 24.0 Å². The minimum Gasteiger partial charge on any atom is -0.379 e. The van der Waals surface area contributed by atoms with Crippen LogP contribution in [0.5, 0.6) is 0 Å². The van der Waals surface area contributed by atoms with Gasteiger partial charge in [0.2, 0.25) is 0 Å². The van der Waals surface area contributed by atoms with Crippen molar-refractivity contribution >= 4 is 5.78 Å². The van der Waals surface area contributed by atoms with Gasteiger partial charge in [0.1, 0.15) is 0 Å². The Morgan fingerprint density at radius 3 is 2.63 bits per heavy atom. The number of ether oxygens (including phenoxy) is 1. The van der Waals surface area contributed by atoms with Gasteiger partial charge in [-0.25, -0.2) is 0 Å².